The van der Waals surface area contributed by atoms with E-state index in [-0.39, 0.29) is 17.9 Å². The number of halogens is 1. The quantitative estimate of drug-likeness (QED) is 0.674. The number of hydrogen-bond acceptors (Lipinski definition) is 3. The fourth-order valence-electron chi connectivity index (χ4n) is 2.91. The Bertz CT molecular complexity index is 1010. The Hall–Kier alpha value is -3.15. The van der Waals surface area contributed by atoms with Crippen molar-refractivity contribution in [3.05, 3.63) is 75.8 Å². The Labute approximate surface area is 156 Å². The number of aromatic amines is 1. The lowest BCUT2D eigenvalue weighted by Crippen LogP contribution is -2.26. The van der Waals surface area contributed by atoms with E-state index in [1.165, 1.54) is 12.1 Å². The highest BCUT2D eigenvalue weighted by Crippen LogP contribution is 2.14. The highest BCUT2D eigenvalue weighted by atomic mass is 19.1. The number of hydrogen-bond donors (Lipinski definition) is 2. The normalized spacial score (nSPS) is 10.7. The summed E-state index contributed by atoms with van der Waals surface area (Å²) in [5.41, 5.74) is 1.74. The lowest BCUT2D eigenvalue weighted by Gasteiger charge is -2.07. The van der Waals surface area contributed by atoms with E-state index >= 15 is 0 Å². The monoisotopic (exact) mass is 368 g/mol. The van der Waals surface area contributed by atoms with Crippen molar-refractivity contribution in [2.24, 2.45) is 0 Å². The lowest BCUT2D eigenvalue weighted by atomic mass is 10.1. The number of amides is 1. The van der Waals surface area contributed by atoms with Crippen molar-refractivity contribution in [3.8, 4) is 5.75 Å². The molecule has 1 aromatic heterocycles. The van der Waals surface area contributed by atoms with Gasteiger partial charge in [0.1, 0.15) is 11.6 Å². The van der Waals surface area contributed by atoms with Crippen LogP contribution in [0.25, 0.3) is 10.9 Å². The van der Waals surface area contributed by atoms with Crippen LogP contribution in [0.4, 0.5) is 4.39 Å². The standard InChI is InChI=1S/C21H21FN2O3/c1-27-18-4-2-3-14(11-18)9-10-23-20(25)8-6-16-12-15-5-7-17(22)13-19(15)24-21(16)26/h2-5,7,11-13H,6,8-10H2,1H3,(H,23,25)(H,24,26). The third-order valence-electron chi connectivity index (χ3n) is 4.38. The summed E-state index contributed by atoms with van der Waals surface area (Å²) in [6.45, 7) is 0.513. The molecule has 0 radical (unpaired) electrons. The zero-order valence-corrected chi connectivity index (χ0v) is 15.0. The number of carbonyl (C=O) groups excluding carboxylic acids is 1. The molecule has 0 saturated heterocycles. The highest BCUT2D eigenvalue weighted by molar-refractivity contribution is 5.79. The molecule has 27 heavy (non-hydrogen) atoms. The van der Waals surface area contributed by atoms with Crippen LogP contribution in [0.1, 0.15) is 17.5 Å². The molecular formula is C21H21FN2O3. The number of ether oxygens (including phenoxy) is 1. The molecule has 3 aromatic rings. The fourth-order valence-corrected chi connectivity index (χ4v) is 2.91. The predicted octanol–water partition coefficient (Wildman–Crippen LogP) is 2.97. The number of nitrogens with one attached hydrogen (secondary N) is 2. The van der Waals surface area contributed by atoms with Gasteiger partial charge in [-0.3, -0.25) is 9.59 Å². The fraction of sp³-hybridized carbons (Fsp3) is 0.238. The van der Waals surface area contributed by atoms with Crippen molar-refractivity contribution in [2.75, 3.05) is 13.7 Å². The van der Waals surface area contributed by atoms with E-state index in [1.54, 1.807) is 19.2 Å². The Kier molecular flexibility index (Phi) is 5.86. The third-order valence-corrected chi connectivity index (χ3v) is 4.38. The molecular weight excluding hydrogens is 347 g/mol. The first-order chi connectivity index (χ1) is 13.0. The van der Waals surface area contributed by atoms with Gasteiger partial charge in [0.15, 0.2) is 0 Å². The van der Waals surface area contributed by atoms with Crippen LogP contribution in [0.2, 0.25) is 0 Å². The van der Waals surface area contributed by atoms with Gasteiger partial charge in [-0.2, -0.15) is 0 Å². The zero-order valence-electron chi connectivity index (χ0n) is 15.0. The summed E-state index contributed by atoms with van der Waals surface area (Å²) in [6, 6.07) is 13.6. The van der Waals surface area contributed by atoms with Crippen molar-refractivity contribution >= 4 is 16.8 Å². The maximum atomic E-state index is 13.2. The smallest absolute Gasteiger partial charge is 0.251 e. The van der Waals surface area contributed by atoms with E-state index in [4.69, 9.17) is 4.74 Å². The Morgan fingerprint density at radius 1 is 1.15 bits per heavy atom. The van der Waals surface area contributed by atoms with Gasteiger partial charge in [0.2, 0.25) is 5.91 Å². The van der Waals surface area contributed by atoms with Gasteiger partial charge in [-0.05, 0) is 60.2 Å². The molecule has 0 fully saturated rings. The molecule has 0 aliphatic heterocycles. The van der Waals surface area contributed by atoms with E-state index in [0.717, 1.165) is 16.7 Å². The minimum atomic E-state index is -0.402. The van der Waals surface area contributed by atoms with Gasteiger partial charge in [0, 0.05) is 18.5 Å². The second-order valence-electron chi connectivity index (χ2n) is 6.31. The number of fused-ring (bicyclic) bond motifs is 1. The first-order valence-electron chi connectivity index (χ1n) is 8.76. The number of benzene rings is 2. The summed E-state index contributed by atoms with van der Waals surface area (Å²) in [5, 5.41) is 3.60. The molecule has 1 heterocycles. The molecule has 2 N–H and O–H groups in total. The van der Waals surface area contributed by atoms with Crippen molar-refractivity contribution in [1.29, 1.82) is 0 Å². The average molecular weight is 368 g/mol. The second kappa shape index (κ2) is 8.49. The molecule has 5 nitrogen and oxygen atoms in total. The molecule has 0 bridgehead atoms. The molecule has 140 valence electrons. The second-order valence-corrected chi connectivity index (χ2v) is 6.31. The topological polar surface area (TPSA) is 71.2 Å². The number of methoxy groups -OCH3 is 1. The molecule has 0 aliphatic carbocycles. The molecule has 0 aliphatic rings. The van der Waals surface area contributed by atoms with Crippen molar-refractivity contribution in [1.82, 2.24) is 10.3 Å². The Morgan fingerprint density at radius 3 is 2.81 bits per heavy atom. The molecule has 0 spiro atoms. The number of H-pyrrole nitrogens is 1. The van der Waals surface area contributed by atoms with Crippen LogP contribution in [0, 0.1) is 5.82 Å². The Balaban J connectivity index is 1.53. The zero-order chi connectivity index (χ0) is 19.2. The van der Waals surface area contributed by atoms with Gasteiger partial charge >= 0.3 is 0 Å². The van der Waals surface area contributed by atoms with E-state index in [2.05, 4.69) is 10.3 Å². The molecule has 1 amide bonds. The predicted molar refractivity (Wildman–Crippen MR) is 103 cm³/mol. The number of rotatable bonds is 7. The number of pyridine rings is 1. The summed E-state index contributed by atoms with van der Waals surface area (Å²) in [5.74, 6) is 0.270. The number of carbonyl (C=O) groups is 1. The first kappa shape index (κ1) is 18.6. The SMILES string of the molecule is COc1cccc(CCNC(=O)CCc2cc3ccc(F)cc3[nH]c2=O)c1. The van der Waals surface area contributed by atoms with Crippen LogP contribution in [0.5, 0.6) is 5.75 Å². The summed E-state index contributed by atoms with van der Waals surface area (Å²) in [7, 11) is 1.62. The number of aryl methyl sites for hydroxylation is 1. The lowest BCUT2D eigenvalue weighted by molar-refractivity contribution is -0.121. The van der Waals surface area contributed by atoms with Gasteiger partial charge in [-0.1, -0.05) is 12.1 Å². The van der Waals surface area contributed by atoms with E-state index in [1.807, 2.05) is 24.3 Å². The maximum absolute atomic E-state index is 13.2. The molecule has 0 saturated carbocycles. The van der Waals surface area contributed by atoms with Crippen LogP contribution < -0.4 is 15.6 Å². The third kappa shape index (κ3) is 4.94. The molecule has 0 unspecified atom stereocenters. The minimum absolute atomic E-state index is 0.114. The van der Waals surface area contributed by atoms with Crippen LogP contribution >= 0.6 is 0 Å². The van der Waals surface area contributed by atoms with Gasteiger partial charge in [0.25, 0.3) is 5.56 Å². The van der Waals surface area contributed by atoms with Crippen LogP contribution in [0.3, 0.4) is 0 Å². The summed E-state index contributed by atoms with van der Waals surface area (Å²) >= 11 is 0. The van der Waals surface area contributed by atoms with Gasteiger partial charge in [0.05, 0.1) is 12.6 Å². The van der Waals surface area contributed by atoms with E-state index in [0.29, 0.717) is 30.5 Å². The van der Waals surface area contributed by atoms with Gasteiger partial charge in [-0.25, -0.2) is 4.39 Å². The van der Waals surface area contributed by atoms with Crippen molar-refractivity contribution in [3.63, 3.8) is 0 Å². The van der Waals surface area contributed by atoms with Crippen molar-refractivity contribution in [2.45, 2.75) is 19.3 Å². The molecule has 6 heteroatoms. The van der Waals surface area contributed by atoms with E-state index in [9.17, 15) is 14.0 Å². The molecule has 3 rings (SSSR count). The highest BCUT2D eigenvalue weighted by Gasteiger charge is 2.07. The summed E-state index contributed by atoms with van der Waals surface area (Å²) < 4.78 is 18.4. The minimum Gasteiger partial charge on any atom is -0.497 e. The largest absolute Gasteiger partial charge is 0.497 e. The molecule has 0 atom stereocenters. The molecule has 2 aromatic carbocycles. The van der Waals surface area contributed by atoms with Gasteiger partial charge < -0.3 is 15.0 Å². The van der Waals surface area contributed by atoms with Crippen LogP contribution in [-0.2, 0) is 17.6 Å². The Morgan fingerprint density at radius 2 is 2.00 bits per heavy atom. The maximum Gasteiger partial charge on any atom is 0.251 e. The van der Waals surface area contributed by atoms with Crippen LogP contribution in [0.15, 0.2) is 53.3 Å². The van der Waals surface area contributed by atoms with Crippen molar-refractivity contribution < 1.29 is 13.9 Å². The summed E-state index contributed by atoms with van der Waals surface area (Å²) in [6.07, 6.45) is 1.24. The number of aromatic nitrogens is 1. The van der Waals surface area contributed by atoms with Crippen LogP contribution in [-0.4, -0.2) is 24.5 Å². The van der Waals surface area contributed by atoms with E-state index < -0.39 is 5.82 Å². The summed E-state index contributed by atoms with van der Waals surface area (Å²) in [4.78, 5) is 26.8. The average Bonchev–Trinajstić information content (AvgIpc) is 2.66. The van der Waals surface area contributed by atoms with Gasteiger partial charge in [-0.15, -0.1) is 0 Å². The first-order valence-corrected chi connectivity index (χ1v) is 8.76.